The molecule has 0 bridgehead atoms. The third-order valence-corrected chi connectivity index (χ3v) is 7.50. The van der Waals surface area contributed by atoms with Crippen molar-refractivity contribution in [3.8, 4) is 0 Å². The maximum absolute atomic E-state index is 13.5. The molecule has 0 heterocycles. The molecule has 2 atom stereocenters. The Hall–Kier alpha value is -1.71. The number of benzene rings is 2. The third kappa shape index (κ3) is 8.43. The lowest BCUT2D eigenvalue weighted by Gasteiger charge is -2.32. The first kappa shape index (κ1) is 29.5. The highest BCUT2D eigenvalue weighted by molar-refractivity contribution is 7.92. The van der Waals surface area contributed by atoms with E-state index in [4.69, 9.17) is 46.4 Å². The quantitative estimate of drug-likeness (QED) is 0.406. The van der Waals surface area contributed by atoms with E-state index < -0.39 is 28.5 Å². The van der Waals surface area contributed by atoms with Crippen molar-refractivity contribution in [3.63, 3.8) is 0 Å². The van der Waals surface area contributed by atoms with Crippen LogP contribution in [0.3, 0.4) is 0 Å². The Labute approximate surface area is 226 Å². The molecule has 0 radical (unpaired) electrons. The average molecular weight is 583 g/mol. The lowest BCUT2D eigenvalue weighted by molar-refractivity contribution is -0.139. The molecule has 0 saturated carbocycles. The molecule has 1 N–H and O–H groups in total. The van der Waals surface area contributed by atoms with E-state index >= 15 is 0 Å². The standard InChI is InChI=1S/C23H27Cl4N3O4S/c1-5-14(2)28-23(32)15(3)29(12-16-6-7-17(24)11-21(16)27)22(31)13-30(35(4,33)34)20-9-18(25)8-19(26)10-20/h6-11,14-15H,5,12-13H2,1-4H3,(H,28,32)/t14-,15-/m0/s1. The number of halogens is 4. The van der Waals surface area contributed by atoms with Gasteiger partial charge in [-0.15, -0.1) is 0 Å². The minimum absolute atomic E-state index is 0.0438. The summed E-state index contributed by atoms with van der Waals surface area (Å²) in [4.78, 5) is 27.7. The van der Waals surface area contributed by atoms with Crippen molar-refractivity contribution in [2.45, 2.75) is 45.8 Å². The van der Waals surface area contributed by atoms with E-state index in [1.165, 1.54) is 29.2 Å². The lowest BCUT2D eigenvalue weighted by atomic mass is 10.1. The fourth-order valence-corrected chi connectivity index (χ4v) is 4.99. The van der Waals surface area contributed by atoms with Crippen molar-refractivity contribution < 1.29 is 18.0 Å². The van der Waals surface area contributed by atoms with Crippen molar-refractivity contribution in [2.75, 3.05) is 17.1 Å². The van der Waals surface area contributed by atoms with Gasteiger partial charge in [0, 0.05) is 32.7 Å². The highest BCUT2D eigenvalue weighted by Gasteiger charge is 2.31. The van der Waals surface area contributed by atoms with Crippen molar-refractivity contribution in [1.82, 2.24) is 10.2 Å². The minimum Gasteiger partial charge on any atom is -0.352 e. The van der Waals surface area contributed by atoms with E-state index in [-0.39, 0.29) is 34.2 Å². The van der Waals surface area contributed by atoms with Crippen LogP contribution < -0.4 is 9.62 Å². The van der Waals surface area contributed by atoms with Gasteiger partial charge in [0.25, 0.3) is 0 Å². The summed E-state index contributed by atoms with van der Waals surface area (Å²) in [6, 6.07) is 7.99. The number of anilines is 1. The second kappa shape index (κ2) is 12.5. The molecule has 2 amide bonds. The number of carbonyl (C=O) groups excluding carboxylic acids is 2. The Balaban J connectivity index is 2.45. The van der Waals surface area contributed by atoms with Crippen molar-refractivity contribution in [3.05, 3.63) is 62.1 Å². The number of nitrogens with one attached hydrogen (secondary N) is 1. The SMILES string of the molecule is CC[C@H](C)NC(=O)[C@H](C)N(Cc1ccc(Cl)cc1Cl)C(=O)CN(c1cc(Cl)cc(Cl)c1)S(C)(=O)=O. The summed E-state index contributed by atoms with van der Waals surface area (Å²) in [7, 11) is -3.91. The second-order valence-corrected chi connectivity index (χ2v) is 11.8. The molecule has 0 unspecified atom stereocenters. The first-order valence-corrected chi connectivity index (χ1v) is 14.1. The van der Waals surface area contributed by atoms with Crippen LogP contribution in [0.25, 0.3) is 0 Å². The maximum atomic E-state index is 13.5. The molecule has 7 nitrogen and oxygen atoms in total. The predicted octanol–water partition coefficient (Wildman–Crippen LogP) is 5.40. The molecule has 192 valence electrons. The zero-order valence-electron chi connectivity index (χ0n) is 19.7. The molecule has 0 aliphatic carbocycles. The highest BCUT2D eigenvalue weighted by Crippen LogP contribution is 2.28. The molecule has 2 aromatic rings. The van der Waals surface area contributed by atoms with Gasteiger partial charge in [0.15, 0.2) is 0 Å². The second-order valence-electron chi connectivity index (χ2n) is 8.15. The minimum atomic E-state index is -3.91. The number of carbonyl (C=O) groups is 2. The largest absolute Gasteiger partial charge is 0.352 e. The Bertz CT molecular complexity index is 1170. The molecule has 0 aromatic heterocycles. The third-order valence-electron chi connectivity index (χ3n) is 5.34. The van der Waals surface area contributed by atoms with Gasteiger partial charge in [0.2, 0.25) is 21.8 Å². The molecule has 35 heavy (non-hydrogen) atoms. The van der Waals surface area contributed by atoms with Gasteiger partial charge in [-0.2, -0.15) is 0 Å². The number of amides is 2. The van der Waals surface area contributed by atoms with Crippen LogP contribution in [0.1, 0.15) is 32.8 Å². The fourth-order valence-electron chi connectivity index (χ4n) is 3.18. The Morgan fingerprint density at radius 2 is 1.57 bits per heavy atom. The molecule has 12 heteroatoms. The number of sulfonamides is 1. The molecular weight excluding hydrogens is 556 g/mol. The number of hydrogen-bond donors (Lipinski definition) is 1. The van der Waals surface area contributed by atoms with Gasteiger partial charge >= 0.3 is 0 Å². The fraction of sp³-hybridized carbons (Fsp3) is 0.391. The van der Waals surface area contributed by atoms with Crippen LogP contribution in [-0.4, -0.2) is 50.0 Å². The number of nitrogens with zero attached hydrogens (tertiary/aromatic N) is 2. The van der Waals surface area contributed by atoms with Crippen molar-refractivity contribution in [1.29, 1.82) is 0 Å². The molecule has 0 aliphatic heterocycles. The number of hydrogen-bond acceptors (Lipinski definition) is 4. The zero-order valence-corrected chi connectivity index (χ0v) is 23.5. The van der Waals surface area contributed by atoms with Crippen LogP contribution in [0, 0.1) is 0 Å². The van der Waals surface area contributed by atoms with E-state index in [1.807, 2.05) is 13.8 Å². The van der Waals surface area contributed by atoms with Crippen LogP contribution in [0.15, 0.2) is 36.4 Å². The Morgan fingerprint density at radius 3 is 2.09 bits per heavy atom. The van der Waals surface area contributed by atoms with Gasteiger partial charge < -0.3 is 10.2 Å². The highest BCUT2D eigenvalue weighted by atomic mass is 35.5. The summed E-state index contributed by atoms with van der Waals surface area (Å²) in [5.74, 6) is -1.00. The first-order valence-electron chi connectivity index (χ1n) is 10.7. The Morgan fingerprint density at radius 1 is 0.971 bits per heavy atom. The normalized spacial score (nSPS) is 13.1. The van der Waals surface area contributed by atoms with E-state index in [1.54, 1.807) is 19.1 Å². The smallest absolute Gasteiger partial charge is 0.244 e. The molecule has 0 spiro atoms. The molecule has 2 rings (SSSR count). The van der Waals surface area contributed by atoms with Gasteiger partial charge in [0.1, 0.15) is 12.6 Å². The van der Waals surface area contributed by atoms with Crippen molar-refractivity contribution >= 4 is 73.9 Å². The first-order chi connectivity index (χ1) is 16.2. The molecule has 0 aliphatic rings. The van der Waals surface area contributed by atoms with E-state index in [2.05, 4.69) is 5.32 Å². The summed E-state index contributed by atoms with van der Waals surface area (Å²) in [5, 5.41) is 4.00. The van der Waals surface area contributed by atoms with Crippen LogP contribution in [0.4, 0.5) is 5.69 Å². The topological polar surface area (TPSA) is 86.8 Å². The Kier molecular flexibility index (Phi) is 10.5. The van der Waals surface area contributed by atoms with Gasteiger partial charge in [-0.25, -0.2) is 8.42 Å². The van der Waals surface area contributed by atoms with Gasteiger partial charge in [-0.1, -0.05) is 59.4 Å². The zero-order chi connectivity index (χ0) is 26.5. The van der Waals surface area contributed by atoms with Gasteiger partial charge in [-0.3, -0.25) is 13.9 Å². The summed E-state index contributed by atoms with van der Waals surface area (Å²) in [5.41, 5.74) is 0.670. The lowest BCUT2D eigenvalue weighted by Crippen LogP contribution is -2.52. The van der Waals surface area contributed by atoms with Crippen LogP contribution in [-0.2, 0) is 26.2 Å². The molecule has 2 aromatic carbocycles. The summed E-state index contributed by atoms with van der Waals surface area (Å²) < 4.78 is 26.1. The van der Waals surface area contributed by atoms with Crippen LogP contribution >= 0.6 is 46.4 Å². The van der Waals surface area contributed by atoms with E-state index in [9.17, 15) is 18.0 Å². The number of rotatable bonds is 10. The monoisotopic (exact) mass is 581 g/mol. The predicted molar refractivity (Wildman–Crippen MR) is 143 cm³/mol. The average Bonchev–Trinajstić information content (AvgIpc) is 2.74. The maximum Gasteiger partial charge on any atom is 0.244 e. The summed E-state index contributed by atoms with van der Waals surface area (Å²) in [6.45, 7) is 4.72. The summed E-state index contributed by atoms with van der Waals surface area (Å²) >= 11 is 24.4. The van der Waals surface area contributed by atoms with E-state index in [0.717, 1.165) is 10.6 Å². The molecule has 0 fully saturated rings. The summed E-state index contributed by atoms with van der Waals surface area (Å²) in [6.07, 6.45) is 1.67. The van der Waals surface area contributed by atoms with Gasteiger partial charge in [0.05, 0.1) is 11.9 Å². The van der Waals surface area contributed by atoms with Crippen LogP contribution in [0.5, 0.6) is 0 Å². The van der Waals surface area contributed by atoms with Crippen LogP contribution in [0.2, 0.25) is 20.1 Å². The van der Waals surface area contributed by atoms with Crippen molar-refractivity contribution in [2.24, 2.45) is 0 Å². The molecule has 0 saturated heterocycles. The van der Waals surface area contributed by atoms with Gasteiger partial charge in [-0.05, 0) is 56.2 Å². The van der Waals surface area contributed by atoms with E-state index in [0.29, 0.717) is 22.0 Å². The molecular formula is C23H27Cl4N3O4S.